The number of ether oxygens (including phenoxy) is 1. The summed E-state index contributed by atoms with van der Waals surface area (Å²) >= 11 is 0. The summed E-state index contributed by atoms with van der Waals surface area (Å²) in [4.78, 5) is 12.1. The number of nitrogens with one attached hydrogen (secondary N) is 3. The Morgan fingerprint density at radius 2 is 1.91 bits per heavy atom. The first-order valence-corrected chi connectivity index (χ1v) is 8.39. The van der Waals surface area contributed by atoms with Crippen molar-refractivity contribution in [3.63, 3.8) is 0 Å². The van der Waals surface area contributed by atoms with Gasteiger partial charge in [-0.05, 0) is 49.5 Å². The first-order chi connectivity index (χ1) is 11.0. The summed E-state index contributed by atoms with van der Waals surface area (Å²) in [7, 11) is 1.72. The van der Waals surface area contributed by atoms with Crippen molar-refractivity contribution < 1.29 is 9.53 Å². The molecule has 2 amide bonds. The molecule has 1 aliphatic rings. The Morgan fingerprint density at radius 1 is 1.26 bits per heavy atom. The van der Waals surface area contributed by atoms with Crippen molar-refractivity contribution in [3.05, 3.63) is 29.8 Å². The monoisotopic (exact) mass is 319 g/mol. The summed E-state index contributed by atoms with van der Waals surface area (Å²) in [5.74, 6) is 0.492. The summed E-state index contributed by atoms with van der Waals surface area (Å²) in [5, 5.41) is 9.26. The zero-order valence-electron chi connectivity index (χ0n) is 14.4. The first kappa shape index (κ1) is 17.8. The molecule has 1 saturated heterocycles. The van der Waals surface area contributed by atoms with Gasteiger partial charge < -0.3 is 20.7 Å². The van der Waals surface area contributed by atoms with E-state index in [0.717, 1.165) is 31.6 Å². The molecule has 0 bridgehead atoms. The average Bonchev–Trinajstić information content (AvgIpc) is 2.55. The lowest BCUT2D eigenvalue weighted by molar-refractivity contribution is 0.0558. The summed E-state index contributed by atoms with van der Waals surface area (Å²) in [6, 6.07) is 7.85. The van der Waals surface area contributed by atoms with Crippen molar-refractivity contribution >= 4 is 11.7 Å². The highest BCUT2D eigenvalue weighted by atomic mass is 16.5. The number of carbonyl (C=O) groups is 1. The van der Waals surface area contributed by atoms with Crippen LogP contribution in [0.15, 0.2) is 24.3 Å². The highest BCUT2D eigenvalue weighted by Gasteiger charge is 2.32. The number of methoxy groups -OCH3 is 1. The molecule has 1 aromatic rings. The van der Waals surface area contributed by atoms with E-state index in [1.165, 1.54) is 5.56 Å². The number of piperidine rings is 1. The van der Waals surface area contributed by atoms with Crippen LogP contribution in [0.1, 0.15) is 38.2 Å². The van der Waals surface area contributed by atoms with E-state index in [0.29, 0.717) is 19.1 Å². The second-order valence-electron chi connectivity index (χ2n) is 6.77. The molecule has 1 aliphatic heterocycles. The molecule has 1 heterocycles. The lowest BCUT2D eigenvalue weighted by atomic mass is 9.79. The van der Waals surface area contributed by atoms with Gasteiger partial charge in [-0.2, -0.15) is 0 Å². The fourth-order valence-electron chi connectivity index (χ4n) is 3.03. The van der Waals surface area contributed by atoms with Gasteiger partial charge in [0.1, 0.15) is 0 Å². The van der Waals surface area contributed by atoms with Gasteiger partial charge in [-0.15, -0.1) is 0 Å². The molecule has 128 valence electrons. The molecule has 23 heavy (non-hydrogen) atoms. The number of hydrogen-bond acceptors (Lipinski definition) is 3. The van der Waals surface area contributed by atoms with E-state index >= 15 is 0 Å². The van der Waals surface area contributed by atoms with Crippen LogP contribution in [0, 0.1) is 5.41 Å². The molecule has 0 saturated carbocycles. The van der Waals surface area contributed by atoms with Crippen LogP contribution in [0.4, 0.5) is 10.5 Å². The second kappa shape index (κ2) is 8.31. The predicted molar refractivity (Wildman–Crippen MR) is 94.0 cm³/mol. The summed E-state index contributed by atoms with van der Waals surface area (Å²) in [6.07, 6.45) is 2.04. The SMILES string of the molecule is COCC1(CNC(=O)Nc2ccc(C(C)C)cc2)CCNCC1. The molecule has 3 N–H and O–H groups in total. The second-order valence-corrected chi connectivity index (χ2v) is 6.77. The van der Waals surface area contributed by atoms with Gasteiger partial charge in [0, 0.05) is 24.8 Å². The van der Waals surface area contributed by atoms with E-state index in [1.54, 1.807) is 7.11 Å². The fourth-order valence-corrected chi connectivity index (χ4v) is 3.03. The van der Waals surface area contributed by atoms with E-state index in [4.69, 9.17) is 4.74 Å². The van der Waals surface area contributed by atoms with Crippen LogP contribution in [-0.4, -0.2) is 39.4 Å². The van der Waals surface area contributed by atoms with Crippen molar-refractivity contribution in [1.29, 1.82) is 0 Å². The number of rotatable bonds is 6. The molecule has 5 nitrogen and oxygen atoms in total. The Bertz CT molecular complexity index is 488. The molecule has 0 atom stereocenters. The predicted octanol–water partition coefficient (Wildman–Crippen LogP) is 2.95. The van der Waals surface area contributed by atoms with Crippen LogP contribution in [0.2, 0.25) is 0 Å². The van der Waals surface area contributed by atoms with Gasteiger partial charge in [-0.3, -0.25) is 0 Å². The van der Waals surface area contributed by atoms with E-state index in [1.807, 2.05) is 12.1 Å². The van der Waals surface area contributed by atoms with Crippen molar-refractivity contribution in [2.45, 2.75) is 32.6 Å². The minimum absolute atomic E-state index is 0.0405. The molecule has 1 aromatic carbocycles. The Morgan fingerprint density at radius 3 is 2.48 bits per heavy atom. The molecular formula is C18H29N3O2. The number of urea groups is 1. The summed E-state index contributed by atoms with van der Waals surface area (Å²) < 4.78 is 5.37. The van der Waals surface area contributed by atoms with Crippen LogP contribution < -0.4 is 16.0 Å². The Kier molecular flexibility index (Phi) is 6.42. The number of amides is 2. The largest absolute Gasteiger partial charge is 0.384 e. The van der Waals surface area contributed by atoms with Crippen molar-refractivity contribution in [2.75, 3.05) is 38.7 Å². The van der Waals surface area contributed by atoms with Crippen LogP contribution >= 0.6 is 0 Å². The van der Waals surface area contributed by atoms with E-state index in [2.05, 4.69) is 41.9 Å². The maximum atomic E-state index is 12.1. The Hall–Kier alpha value is -1.59. The van der Waals surface area contributed by atoms with Gasteiger partial charge in [0.2, 0.25) is 0 Å². The number of hydrogen-bond donors (Lipinski definition) is 3. The summed E-state index contributed by atoms with van der Waals surface area (Å²) in [5.41, 5.74) is 2.13. The molecule has 0 spiro atoms. The van der Waals surface area contributed by atoms with Gasteiger partial charge in [-0.25, -0.2) is 4.79 Å². The molecule has 2 rings (SSSR count). The zero-order chi connectivity index (χ0) is 16.7. The standard InChI is InChI=1S/C18H29N3O2/c1-14(2)15-4-6-16(7-5-15)21-17(22)20-12-18(13-23-3)8-10-19-11-9-18/h4-7,14,19H,8-13H2,1-3H3,(H2,20,21,22). The number of anilines is 1. The topological polar surface area (TPSA) is 62.4 Å². The molecule has 0 aromatic heterocycles. The molecule has 0 radical (unpaired) electrons. The average molecular weight is 319 g/mol. The Labute approximate surface area is 139 Å². The first-order valence-electron chi connectivity index (χ1n) is 8.39. The number of carbonyl (C=O) groups excluding carboxylic acids is 1. The molecule has 0 aliphatic carbocycles. The third-order valence-corrected chi connectivity index (χ3v) is 4.57. The van der Waals surface area contributed by atoms with Crippen LogP contribution in [-0.2, 0) is 4.74 Å². The summed E-state index contributed by atoms with van der Waals surface area (Å²) in [6.45, 7) is 7.58. The number of benzene rings is 1. The van der Waals surface area contributed by atoms with E-state index in [-0.39, 0.29) is 11.4 Å². The smallest absolute Gasteiger partial charge is 0.319 e. The highest BCUT2D eigenvalue weighted by molar-refractivity contribution is 5.89. The third kappa shape index (κ3) is 5.22. The normalized spacial score (nSPS) is 17.0. The van der Waals surface area contributed by atoms with Crippen molar-refractivity contribution in [3.8, 4) is 0 Å². The van der Waals surface area contributed by atoms with Gasteiger partial charge in [0.05, 0.1) is 6.61 Å². The van der Waals surface area contributed by atoms with Crippen LogP contribution in [0.5, 0.6) is 0 Å². The van der Waals surface area contributed by atoms with Gasteiger partial charge in [0.15, 0.2) is 0 Å². The zero-order valence-corrected chi connectivity index (χ0v) is 14.4. The maximum absolute atomic E-state index is 12.1. The molecule has 5 heteroatoms. The van der Waals surface area contributed by atoms with Crippen molar-refractivity contribution in [1.82, 2.24) is 10.6 Å². The molecular weight excluding hydrogens is 290 g/mol. The maximum Gasteiger partial charge on any atom is 0.319 e. The third-order valence-electron chi connectivity index (χ3n) is 4.57. The molecule has 0 unspecified atom stereocenters. The minimum atomic E-state index is -0.156. The minimum Gasteiger partial charge on any atom is -0.384 e. The van der Waals surface area contributed by atoms with Gasteiger partial charge in [-0.1, -0.05) is 26.0 Å². The lowest BCUT2D eigenvalue weighted by Gasteiger charge is -2.37. The van der Waals surface area contributed by atoms with Crippen molar-refractivity contribution in [2.24, 2.45) is 5.41 Å². The van der Waals surface area contributed by atoms with Gasteiger partial charge >= 0.3 is 6.03 Å². The highest BCUT2D eigenvalue weighted by Crippen LogP contribution is 2.28. The lowest BCUT2D eigenvalue weighted by Crippen LogP contribution is -2.47. The van der Waals surface area contributed by atoms with E-state index in [9.17, 15) is 4.79 Å². The Balaban J connectivity index is 1.86. The quantitative estimate of drug-likeness (QED) is 0.755. The molecule has 1 fully saturated rings. The van der Waals surface area contributed by atoms with Gasteiger partial charge in [0.25, 0.3) is 0 Å². The van der Waals surface area contributed by atoms with E-state index < -0.39 is 0 Å². The van der Waals surface area contributed by atoms with Crippen LogP contribution in [0.3, 0.4) is 0 Å². The van der Waals surface area contributed by atoms with Crippen LogP contribution in [0.25, 0.3) is 0 Å². The fraction of sp³-hybridized carbons (Fsp3) is 0.611.